The number of aromatic nitrogens is 2. The lowest BCUT2D eigenvalue weighted by molar-refractivity contribution is 0.345. The Bertz CT molecular complexity index is 350. The number of nitrogens with zero attached hydrogens (tertiary/aromatic N) is 2. The standard InChI is InChI=1S/C10H13ClN2O/c1-4-5-6-14-10-9(11)12-7(2)8(3)13-10/h4-5H,6H2,1-3H3. The van der Waals surface area contributed by atoms with Gasteiger partial charge in [0.2, 0.25) is 0 Å². The summed E-state index contributed by atoms with van der Waals surface area (Å²) in [6.45, 7) is 6.13. The molecule has 0 fully saturated rings. The number of rotatable bonds is 3. The predicted octanol–water partition coefficient (Wildman–Crippen LogP) is 2.70. The molecule has 0 atom stereocenters. The van der Waals surface area contributed by atoms with E-state index in [2.05, 4.69) is 9.97 Å². The number of allylic oxidation sites excluding steroid dienone is 1. The molecule has 3 nitrogen and oxygen atoms in total. The van der Waals surface area contributed by atoms with Crippen molar-refractivity contribution in [3.8, 4) is 5.88 Å². The second-order valence-electron chi connectivity index (χ2n) is 2.87. The largest absolute Gasteiger partial charge is 0.471 e. The van der Waals surface area contributed by atoms with Crippen LogP contribution in [0.3, 0.4) is 0 Å². The van der Waals surface area contributed by atoms with Crippen molar-refractivity contribution in [3.63, 3.8) is 0 Å². The van der Waals surface area contributed by atoms with Gasteiger partial charge in [-0.2, -0.15) is 0 Å². The van der Waals surface area contributed by atoms with E-state index in [-0.39, 0.29) is 0 Å². The third kappa shape index (κ3) is 2.70. The molecule has 0 spiro atoms. The first-order valence-corrected chi connectivity index (χ1v) is 4.77. The van der Waals surface area contributed by atoms with E-state index in [1.807, 2.05) is 32.9 Å². The van der Waals surface area contributed by atoms with Gasteiger partial charge in [-0.1, -0.05) is 23.8 Å². The molecule has 4 heteroatoms. The van der Waals surface area contributed by atoms with Gasteiger partial charge in [0.05, 0.1) is 11.4 Å². The fraction of sp³-hybridized carbons (Fsp3) is 0.400. The topological polar surface area (TPSA) is 35.0 Å². The Morgan fingerprint density at radius 3 is 2.57 bits per heavy atom. The number of hydrogen-bond acceptors (Lipinski definition) is 3. The van der Waals surface area contributed by atoms with Crippen LogP contribution in [-0.4, -0.2) is 16.6 Å². The highest BCUT2D eigenvalue weighted by Gasteiger charge is 2.06. The molecular formula is C10H13ClN2O. The van der Waals surface area contributed by atoms with Gasteiger partial charge < -0.3 is 4.74 Å². The summed E-state index contributed by atoms with van der Waals surface area (Å²) >= 11 is 5.86. The smallest absolute Gasteiger partial charge is 0.252 e. The molecule has 1 aromatic rings. The van der Waals surface area contributed by atoms with Crippen LogP contribution in [0.15, 0.2) is 12.2 Å². The second-order valence-corrected chi connectivity index (χ2v) is 3.23. The van der Waals surface area contributed by atoms with Gasteiger partial charge in [-0.05, 0) is 20.8 Å². The van der Waals surface area contributed by atoms with Gasteiger partial charge >= 0.3 is 0 Å². The molecular weight excluding hydrogens is 200 g/mol. The summed E-state index contributed by atoms with van der Waals surface area (Å²) in [6.07, 6.45) is 3.79. The average Bonchev–Trinajstić information content (AvgIpc) is 2.14. The molecule has 0 N–H and O–H groups in total. The van der Waals surface area contributed by atoms with Gasteiger partial charge in [0, 0.05) is 0 Å². The number of halogens is 1. The van der Waals surface area contributed by atoms with Gasteiger partial charge in [-0.3, -0.25) is 0 Å². The molecule has 0 amide bonds. The zero-order valence-electron chi connectivity index (χ0n) is 8.54. The number of hydrogen-bond donors (Lipinski definition) is 0. The lowest BCUT2D eigenvalue weighted by Gasteiger charge is -2.06. The van der Waals surface area contributed by atoms with Crippen molar-refractivity contribution in [2.75, 3.05) is 6.61 Å². The summed E-state index contributed by atoms with van der Waals surface area (Å²) < 4.78 is 5.32. The monoisotopic (exact) mass is 212 g/mol. The predicted molar refractivity (Wildman–Crippen MR) is 56.8 cm³/mol. The molecule has 0 bridgehead atoms. The Morgan fingerprint density at radius 2 is 1.93 bits per heavy atom. The highest BCUT2D eigenvalue weighted by Crippen LogP contribution is 2.20. The first-order valence-electron chi connectivity index (χ1n) is 4.40. The minimum atomic E-state index is 0.317. The van der Waals surface area contributed by atoms with Crippen molar-refractivity contribution in [1.29, 1.82) is 0 Å². The van der Waals surface area contributed by atoms with Crippen LogP contribution in [0, 0.1) is 13.8 Å². The number of ether oxygens (including phenoxy) is 1. The van der Waals surface area contributed by atoms with Gasteiger partial charge in [0.1, 0.15) is 6.61 Å². The van der Waals surface area contributed by atoms with E-state index < -0.39 is 0 Å². The fourth-order valence-corrected chi connectivity index (χ4v) is 1.09. The third-order valence-corrected chi connectivity index (χ3v) is 2.03. The van der Waals surface area contributed by atoms with E-state index in [1.165, 1.54) is 0 Å². The molecule has 14 heavy (non-hydrogen) atoms. The molecule has 0 aliphatic heterocycles. The second kappa shape index (κ2) is 4.96. The summed E-state index contributed by atoms with van der Waals surface area (Å²) in [5.74, 6) is 0.396. The van der Waals surface area contributed by atoms with E-state index in [9.17, 15) is 0 Å². The van der Waals surface area contributed by atoms with Crippen molar-refractivity contribution >= 4 is 11.6 Å². The van der Waals surface area contributed by atoms with Crippen LogP contribution in [0.25, 0.3) is 0 Å². The summed E-state index contributed by atoms with van der Waals surface area (Å²) in [7, 11) is 0. The van der Waals surface area contributed by atoms with Crippen LogP contribution in [0.2, 0.25) is 5.15 Å². The average molecular weight is 213 g/mol. The van der Waals surface area contributed by atoms with Crippen LogP contribution in [0.1, 0.15) is 18.3 Å². The van der Waals surface area contributed by atoms with E-state index in [0.29, 0.717) is 17.6 Å². The molecule has 0 aliphatic carbocycles. The van der Waals surface area contributed by atoms with Crippen LogP contribution in [0.5, 0.6) is 5.88 Å². The van der Waals surface area contributed by atoms with Crippen LogP contribution >= 0.6 is 11.6 Å². The summed E-state index contributed by atoms with van der Waals surface area (Å²) in [6, 6.07) is 0. The number of aryl methyl sites for hydroxylation is 2. The Balaban J connectivity index is 2.81. The highest BCUT2D eigenvalue weighted by molar-refractivity contribution is 6.30. The van der Waals surface area contributed by atoms with E-state index >= 15 is 0 Å². The van der Waals surface area contributed by atoms with Gasteiger partial charge in [-0.25, -0.2) is 9.97 Å². The first-order chi connectivity index (χ1) is 6.65. The first kappa shape index (κ1) is 11.0. The molecule has 76 valence electrons. The SMILES string of the molecule is CC=CCOc1nc(C)c(C)nc1Cl. The van der Waals surface area contributed by atoms with Crippen molar-refractivity contribution in [2.45, 2.75) is 20.8 Å². The van der Waals surface area contributed by atoms with Gasteiger partial charge in [0.15, 0.2) is 5.15 Å². The van der Waals surface area contributed by atoms with Crippen molar-refractivity contribution < 1.29 is 4.74 Å². The van der Waals surface area contributed by atoms with Crippen molar-refractivity contribution in [2.24, 2.45) is 0 Å². The van der Waals surface area contributed by atoms with Gasteiger partial charge in [0.25, 0.3) is 5.88 Å². The zero-order valence-corrected chi connectivity index (χ0v) is 9.30. The van der Waals surface area contributed by atoms with Crippen molar-refractivity contribution in [3.05, 3.63) is 28.7 Å². The van der Waals surface area contributed by atoms with E-state index in [0.717, 1.165) is 11.4 Å². The zero-order chi connectivity index (χ0) is 10.6. The maximum Gasteiger partial charge on any atom is 0.252 e. The Labute approximate surface area is 88.8 Å². The Hall–Kier alpha value is -1.09. The Kier molecular flexibility index (Phi) is 3.89. The summed E-state index contributed by atoms with van der Waals surface area (Å²) in [5.41, 5.74) is 1.67. The van der Waals surface area contributed by atoms with Gasteiger partial charge in [-0.15, -0.1) is 0 Å². The fourth-order valence-electron chi connectivity index (χ4n) is 0.870. The molecule has 0 unspecified atom stereocenters. The normalized spacial score (nSPS) is 10.9. The quantitative estimate of drug-likeness (QED) is 0.723. The van der Waals surface area contributed by atoms with E-state index in [4.69, 9.17) is 16.3 Å². The molecule has 1 rings (SSSR count). The summed E-state index contributed by atoms with van der Waals surface area (Å²) in [4.78, 5) is 8.30. The molecule has 0 saturated carbocycles. The molecule has 0 saturated heterocycles. The molecule has 0 aromatic carbocycles. The lowest BCUT2D eigenvalue weighted by atomic mass is 10.3. The third-order valence-electron chi connectivity index (χ3n) is 1.79. The van der Waals surface area contributed by atoms with Crippen molar-refractivity contribution in [1.82, 2.24) is 9.97 Å². The molecule has 1 heterocycles. The summed E-state index contributed by atoms with van der Waals surface area (Å²) in [5, 5.41) is 0.317. The maximum absolute atomic E-state index is 5.86. The molecule has 0 aliphatic rings. The highest BCUT2D eigenvalue weighted by atomic mass is 35.5. The lowest BCUT2D eigenvalue weighted by Crippen LogP contribution is -2.01. The van der Waals surface area contributed by atoms with Crippen LogP contribution < -0.4 is 4.74 Å². The minimum Gasteiger partial charge on any atom is -0.471 e. The minimum absolute atomic E-state index is 0.317. The Morgan fingerprint density at radius 1 is 1.29 bits per heavy atom. The van der Waals surface area contributed by atoms with E-state index in [1.54, 1.807) is 0 Å². The molecule has 1 aromatic heterocycles. The maximum atomic E-state index is 5.86. The molecule has 0 radical (unpaired) electrons. The van der Waals surface area contributed by atoms with Crippen LogP contribution in [0.4, 0.5) is 0 Å². The van der Waals surface area contributed by atoms with Crippen LogP contribution in [-0.2, 0) is 0 Å².